The highest BCUT2D eigenvalue weighted by atomic mass is 35.5. The second-order valence-electron chi connectivity index (χ2n) is 4.46. The summed E-state index contributed by atoms with van der Waals surface area (Å²) >= 11 is 7.41. The molecule has 2 aromatic rings. The summed E-state index contributed by atoms with van der Waals surface area (Å²) in [5, 5.41) is 12.5. The first-order valence-corrected chi connectivity index (χ1v) is 7.16. The van der Waals surface area contributed by atoms with Crippen molar-refractivity contribution in [3.05, 3.63) is 50.9 Å². The first-order valence-electron chi connectivity index (χ1n) is 5.97. The van der Waals surface area contributed by atoms with E-state index in [-0.39, 0.29) is 17.8 Å². The number of rotatable bonds is 4. The molecule has 1 aromatic carbocycles. The van der Waals surface area contributed by atoms with Crippen LogP contribution >= 0.6 is 22.9 Å². The quantitative estimate of drug-likeness (QED) is 0.860. The molecule has 1 aromatic heterocycles. The maximum absolute atomic E-state index is 13.7. The number of phenolic OH excluding ortho intramolecular Hbond substituents is 1. The number of thiophene rings is 1. The van der Waals surface area contributed by atoms with Gasteiger partial charge < -0.3 is 10.4 Å². The first kappa shape index (κ1) is 14.3. The van der Waals surface area contributed by atoms with Crippen molar-refractivity contribution in [2.45, 2.75) is 25.9 Å². The van der Waals surface area contributed by atoms with Crippen LogP contribution in [0.25, 0.3) is 0 Å². The van der Waals surface area contributed by atoms with Crippen LogP contribution in [-0.2, 0) is 0 Å². The van der Waals surface area contributed by atoms with E-state index < -0.39 is 5.82 Å². The third kappa shape index (κ3) is 3.47. The summed E-state index contributed by atoms with van der Waals surface area (Å²) < 4.78 is 14.5. The molecule has 0 saturated heterocycles. The van der Waals surface area contributed by atoms with Gasteiger partial charge in [-0.25, -0.2) is 4.39 Å². The molecule has 5 heteroatoms. The van der Waals surface area contributed by atoms with Crippen molar-refractivity contribution in [3.8, 4) is 5.75 Å². The molecule has 0 aliphatic rings. The van der Waals surface area contributed by atoms with Crippen LogP contribution in [0.1, 0.15) is 36.4 Å². The van der Waals surface area contributed by atoms with Gasteiger partial charge in [0.25, 0.3) is 0 Å². The van der Waals surface area contributed by atoms with Gasteiger partial charge in [0.2, 0.25) is 0 Å². The Balaban J connectivity index is 2.10. The third-order valence-electron chi connectivity index (χ3n) is 2.97. The zero-order chi connectivity index (χ0) is 14.0. The van der Waals surface area contributed by atoms with E-state index in [1.807, 2.05) is 26.0 Å². The Hall–Kier alpha value is -1.10. The van der Waals surface area contributed by atoms with Crippen molar-refractivity contribution in [1.29, 1.82) is 0 Å². The molecule has 0 amide bonds. The van der Waals surface area contributed by atoms with E-state index in [4.69, 9.17) is 11.6 Å². The van der Waals surface area contributed by atoms with Crippen molar-refractivity contribution in [2.24, 2.45) is 0 Å². The van der Waals surface area contributed by atoms with E-state index in [1.165, 1.54) is 17.4 Å². The molecule has 102 valence electrons. The topological polar surface area (TPSA) is 32.3 Å². The molecular formula is C14H15ClFNOS. The molecular weight excluding hydrogens is 285 g/mol. The summed E-state index contributed by atoms with van der Waals surface area (Å²) in [6, 6.07) is 7.95. The van der Waals surface area contributed by atoms with Gasteiger partial charge in [-0.1, -0.05) is 17.7 Å². The molecule has 0 bridgehead atoms. The molecule has 2 nitrogen and oxygen atoms in total. The van der Waals surface area contributed by atoms with Gasteiger partial charge in [-0.2, -0.15) is 0 Å². The van der Waals surface area contributed by atoms with Gasteiger partial charge >= 0.3 is 0 Å². The number of phenols is 1. The molecule has 0 spiro atoms. The predicted octanol–water partition coefficient (Wildman–Crippen LogP) is 4.66. The lowest BCUT2D eigenvalue weighted by Gasteiger charge is -2.20. The first-order chi connectivity index (χ1) is 8.97. The SMILES string of the molecule is CC(NC(C)c1ccc(O)cc1F)c1ccc(Cl)s1. The van der Waals surface area contributed by atoms with Crippen LogP contribution in [0.2, 0.25) is 4.34 Å². The molecule has 2 atom stereocenters. The van der Waals surface area contributed by atoms with E-state index in [2.05, 4.69) is 5.32 Å². The lowest BCUT2D eigenvalue weighted by molar-refractivity contribution is 0.456. The minimum atomic E-state index is -0.406. The van der Waals surface area contributed by atoms with Crippen molar-refractivity contribution < 1.29 is 9.50 Å². The maximum Gasteiger partial charge on any atom is 0.131 e. The van der Waals surface area contributed by atoms with E-state index in [9.17, 15) is 9.50 Å². The molecule has 0 saturated carbocycles. The minimum absolute atomic E-state index is 0.0634. The van der Waals surface area contributed by atoms with Crippen LogP contribution in [0.4, 0.5) is 4.39 Å². The van der Waals surface area contributed by atoms with Crippen LogP contribution in [0, 0.1) is 5.82 Å². The Bertz CT molecular complexity index is 572. The third-order valence-corrected chi connectivity index (χ3v) is 4.39. The number of benzene rings is 1. The summed E-state index contributed by atoms with van der Waals surface area (Å²) in [4.78, 5) is 1.11. The Morgan fingerprint density at radius 3 is 2.53 bits per heavy atom. The molecule has 2 rings (SSSR count). The molecule has 2 N–H and O–H groups in total. The second kappa shape index (κ2) is 5.90. The Morgan fingerprint density at radius 2 is 1.95 bits per heavy atom. The summed E-state index contributed by atoms with van der Waals surface area (Å²) in [5.41, 5.74) is 0.535. The summed E-state index contributed by atoms with van der Waals surface area (Å²) in [6.07, 6.45) is 0. The molecule has 19 heavy (non-hydrogen) atoms. The highest BCUT2D eigenvalue weighted by Crippen LogP contribution is 2.29. The lowest BCUT2D eigenvalue weighted by Crippen LogP contribution is -2.22. The van der Waals surface area contributed by atoms with Crippen LogP contribution in [0.15, 0.2) is 30.3 Å². The van der Waals surface area contributed by atoms with Gasteiger partial charge in [0.05, 0.1) is 4.34 Å². The zero-order valence-electron chi connectivity index (χ0n) is 10.7. The van der Waals surface area contributed by atoms with E-state index >= 15 is 0 Å². The Labute approximate surface area is 120 Å². The van der Waals surface area contributed by atoms with Crippen LogP contribution < -0.4 is 5.32 Å². The lowest BCUT2D eigenvalue weighted by atomic mass is 10.1. The summed E-state index contributed by atoms with van der Waals surface area (Å²) in [5.74, 6) is -0.469. The fourth-order valence-corrected chi connectivity index (χ4v) is 3.05. The number of hydrogen-bond acceptors (Lipinski definition) is 3. The molecule has 0 fully saturated rings. The highest BCUT2D eigenvalue weighted by Gasteiger charge is 2.15. The molecule has 1 heterocycles. The molecule has 0 aliphatic heterocycles. The Kier molecular flexibility index (Phi) is 4.45. The van der Waals surface area contributed by atoms with Crippen LogP contribution in [0.3, 0.4) is 0 Å². The van der Waals surface area contributed by atoms with Gasteiger partial charge in [0.1, 0.15) is 11.6 Å². The Morgan fingerprint density at radius 1 is 1.21 bits per heavy atom. The van der Waals surface area contributed by atoms with E-state index in [0.717, 1.165) is 15.3 Å². The second-order valence-corrected chi connectivity index (χ2v) is 6.20. The van der Waals surface area contributed by atoms with Gasteiger partial charge in [0, 0.05) is 28.6 Å². The van der Waals surface area contributed by atoms with Gasteiger partial charge in [-0.3, -0.25) is 0 Å². The number of hydrogen-bond donors (Lipinski definition) is 2. The van der Waals surface area contributed by atoms with Crippen molar-refractivity contribution >= 4 is 22.9 Å². The van der Waals surface area contributed by atoms with Crippen molar-refractivity contribution in [1.82, 2.24) is 5.32 Å². The van der Waals surface area contributed by atoms with E-state index in [0.29, 0.717) is 5.56 Å². The van der Waals surface area contributed by atoms with Crippen molar-refractivity contribution in [3.63, 3.8) is 0 Å². The molecule has 2 unspecified atom stereocenters. The van der Waals surface area contributed by atoms with Gasteiger partial charge in [-0.05, 0) is 32.0 Å². The average molecular weight is 300 g/mol. The van der Waals surface area contributed by atoms with Crippen molar-refractivity contribution in [2.75, 3.05) is 0 Å². The molecule has 0 radical (unpaired) electrons. The number of halogens is 2. The van der Waals surface area contributed by atoms with Gasteiger partial charge in [0.15, 0.2) is 0 Å². The zero-order valence-corrected chi connectivity index (χ0v) is 12.2. The predicted molar refractivity (Wildman–Crippen MR) is 77.4 cm³/mol. The summed E-state index contributed by atoms with van der Waals surface area (Å²) in [7, 11) is 0. The highest BCUT2D eigenvalue weighted by molar-refractivity contribution is 7.16. The fraction of sp³-hybridized carbons (Fsp3) is 0.286. The standard InChI is InChI=1S/C14H15ClFNOS/c1-8(11-4-3-10(18)7-12(11)16)17-9(2)13-5-6-14(15)19-13/h3-9,17-18H,1-2H3. The summed E-state index contributed by atoms with van der Waals surface area (Å²) in [6.45, 7) is 3.90. The monoisotopic (exact) mass is 299 g/mol. The number of nitrogens with one attached hydrogen (secondary N) is 1. The smallest absolute Gasteiger partial charge is 0.131 e. The normalized spacial score (nSPS) is 14.3. The minimum Gasteiger partial charge on any atom is -0.508 e. The van der Waals surface area contributed by atoms with Gasteiger partial charge in [-0.15, -0.1) is 11.3 Å². The average Bonchev–Trinajstić information content (AvgIpc) is 2.75. The number of aromatic hydroxyl groups is 1. The van der Waals surface area contributed by atoms with E-state index in [1.54, 1.807) is 6.07 Å². The maximum atomic E-state index is 13.7. The van der Waals surface area contributed by atoms with Crippen LogP contribution in [0.5, 0.6) is 5.75 Å². The largest absolute Gasteiger partial charge is 0.508 e. The molecule has 0 aliphatic carbocycles. The fourth-order valence-electron chi connectivity index (χ4n) is 1.98. The van der Waals surface area contributed by atoms with Crippen LogP contribution in [-0.4, -0.2) is 5.11 Å².